The van der Waals surface area contributed by atoms with Crippen LogP contribution in [0.2, 0.25) is 38.8 Å². The SMILES string of the molecule is C[Si](C)(C)O[Si](C)(C)CCCc1ccc(O)c(-c2ccccc2)c1. The highest BCUT2D eigenvalue weighted by Gasteiger charge is 2.28. The maximum Gasteiger partial charge on any atom is 0.173 e. The Hall–Kier alpha value is -1.37. The van der Waals surface area contributed by atoms with Crippen LogP contribution in [0.3, 0.4) is 0 Å². The zero-order valence-electron chi connectivity index (χ0n) is 15.6. The van der Waals surface area contributed by atoms with E-state index in [-0.39, 0.29) is 0 Å². The van der Waals surface area contributed by atoms with Crippen molar-refractivity contribution in [2.75, 3.05) is 0 Å². The first-order chi connectivity index (χ1) is 11.2. The van der Waals surface area contributed by atoms with Gasteiger partial charge in [-0.2, -0.15) is 0 Å². The van der Waals surface area contributed by atoms with Crippen LogP contribution in [-0.4, -0.2) is 21.7 Å². The van der Waals surface area contributed by atoms with Crippen LogP contribution in [0.5, 0.6) is 5.75 Å². The fraction of sp³-hybridized carbons (Fsp3) is 0.400. The highest BCUT2D eigenvalue weighted by molar-refractivity contribution is 6.84. The average Bonchev–Trinajstić information content (AvgIpc) is 2.47. The van der Waals surface area contributed by atoms with Gasteiger partial charge < -0.3 is 9.22 Å². The van der Waals surface area contributed by atoms with Gasteiger partial charge in [0.1, 0.15) is 5.75 Å². The van der Waals surface area contributed by atoms with Crippen molar-refractivity contribution < 1.29 is 9.22 Å². The molecule has 2 aromatic rings. The molecule has 0 heterocycles. The minimum absolute atomic E-state index is 0.349. The van der Waals surface area contributed by atoms with Crippen LogP contribution >= 0.6 is 0 Å². The first-order valence-corrected chi connectivity index (χ1v) is 15.3. The summed E-state index contributed by atoms with van der Waals surface area (Å²) in [4.78, 5) is 0. The molecule has 130 valence electrons. The molecule has 0 saturated carbocycles. The Labute approximate surface area is 148 Å². The van der Waals surface area contributed by atoms with Crippen LogP contribution in [0.1, 0.15) is 12.0 Å². The normalized spacial score (nSPS) is 12.4. The molecule has 0 amide bonds. The molecule has 0 fully saturated rings. The van der Waals surface area contributed by atoms with E-state index in [0.29, 0.717) is 5.75 Å². The van der Waals surface area contributed by atoms with Gasteiger partial charge in [-0.25, -0.2) is 0 Å². The third kappa shape index (κ3) is 5.93. The monoisotopic (exact) mass is 358 g/mol. The molecule has 2 rings (SSSR count). The smallest absolute Gasteiger partial charge is 0.173 e. The number of aryl methyl sites for hydroxylation is 1. The van der Waals surface area contributed by atoms with Crippen LogP contribution in [0.25, 0.3) is 11.1 Å². The molecule has 2 aromatic carbocycles. The van der Waals surface area contributed by atoms with E-state index in [2.05, 4.69) is 38.8 Å². The molecule has 2 nitrogen and oxygen atoms in total. The molecular weight excluding hydrogens is 328 g/mol. The van der Waals surface area contributed by atoms with Crippen molar-refractivity contribution in [3.8, 4) is 16.9 Å². The number of benzene rings is 2. The Kier molecular flexibility index (Phi) is 6.07. The second kappa shape index (κ2) is 7.68. The third-order valence-corrected chi connectivity index (χ3v) is 10.2. The Balaban J connectivity index is 2.01. The van der Waals surface area contributed by atoms with E-state index in [0.717, 1.165) is 24.0 Å². The van der Waals surface area contributed by atoms with Gasteiger partial charge in [-0.3, -0.25) is 0 Å². The number of hydrogen-bond acceptors (Lipinski definition) is 2. The Morgan fingerprint density at radius 1 is 0.917 bits per heavy atom. The maximum absolute atomic E-state index is 10.2. The molecular formula is C20H30O2Si2. The van der Waals surface area contributed by atoms with Gasteiger partial charge in [0, 0.05) is 5.56 Å². The molecule has 1 N–H and O–H groups in total. The summed E-state index contributed by atoms with van der Waals surface area (Å²) in [6.45, 7) is 11.5. The van der Waals surface area contributed by atoms with Crippen molar-refractivity contribution in [3.63, 3.8) is 0 Å². The van der Waals surface area contributed by atoms with Crippen molar-refractivity contribution in [1.82, 2.24) is 0 Å². The van der Waals surface area contributed by atoms with Crippen LogP contribution < -0.4 is 0 Å². The van der Waals surface area contributed by atoms with Crippen molar-refractivity contribution >= 4 is 16.6 Å². The third-order valence-electron chi connectivity index (χ3n) is 3.97. The second-order valence-electron chi connectivity index (χ2n) is 8.05. The Bertz CT molecular complexity index is 661. The molecule has 0 aliphatic heterocycles. The summed E-state index contributed by atoms with van der Waals surface area (Å²) in [5.41, 5.74) is 3.26. The Morgan fingerprint density at radius 2 is 1.58 bits per heavy atom. The minimum Gasteiger partial charge on any atom is -0.507 e. The lowest BCUT2D eigenvalue weighted by atomic mass is 10.00. The number of rotatable bonds is 7. The molecule has 0 spiro atoms. The zero-order valence-corrected chi connectivity index (χ0v) is 17.6. The summed E-state index contributed by atoms with van der Waals surface area (Å²) < 4.78 is 6.41. The minimum atomic E-state index is -1.57. The van der Waals surface area contributed by atoms with Crippen molar-refractivity contribution in [2.24, 2.45) is 0 Å². The molecule has 24 heavy (non-hydrogen) atoms. The van der Waals surface area contributed by atoms with Gasteiger partial charge >= 0.3 is 0 Å². The first kappa shape index (κ1) is 19.0. The van der Waals surface area contributed by atoms with Crippen LogP contribution in [0.4, 0.5) is 0 Å². The lowest BCUT2D eigenvalue weighted by Crippen LogP contribution is -2.42. The molecule has 4 heteroatoms. The van der Waals surface area contributed by atoms with Crippen molar-refractivity contribution in [2.45, 2.75) is 51.6 Å². The van der Waals surface area contributed by atoms with Crippen LogP contribution in [-0.2, 0) is 10.5 Å². The maximum atomic E-state index is 10.2. The topological polar surface area (TPSA) is 29.5 Å². The van der Waals surface area contributed by atoms with Gasteiger partial charge in [0.25, 0.3) is 0 Å². The lowest BCUT2D eigenvalue weighted by Gasteiger charge is -2.31. The lowest BCUT2D eigenvalue weighted by molar-refractivity contribution is 0.477. The predicted molar refractivity (Wildman–Crippen MR) is 109 cm³/mol. The van der Waals surface area contributed by atoms with Crippen molar-refractivity contribution in [3.05, 3.63) is 54.1 Å². The summed E-state index contributed by atoms with van der Waals surface area (Å²) in [6.07, 6.45) is 2.17. The molecule has 0 aliphatic rings. The van der Waals surface area contributed by atoms with E-state index in [9.17, 15) is 5.11 Å². The van der Waals surface area contributed by atoms with Gasteiger partial charge in [0.05, 0.1) is 0 Å². The van der Waals surface area contributed by atoms with Crippen LogP contribution in [0, 0.1) is 0 Å². The number of aromatic hydroxyl groups is 1. The molecule has 0 aromatic heterocycles. The molecule has 0 aliphatic carbocycles. The van der Waals surface area contributed by atoms with E-state index < -0.39 is 16.6 Å². The van der Waals surface area contributed by atoms with E-state index in [1.165, 1.54) is 11.6 Å². The second-order valence-corrected chi connectivity index (χ2v) is 17.1. The summed E-state index contributed by atoms with van der Waals surface area (Å²) in [7, 11) is -3.02. The van der Waals surface area contributed by atoms with Gasteiger partial charge in [-0.05, 0) is 74.9 Å². The van der Waals surface area contributed by atoms with E-state index in [4.69, 9.17) is 4.12 Å². The molecule has 0 saturated heterocycles. The highest BCUT2D eigenvalue weighted by atomic mass is 28.4. The summed E-state index contributed by atoms with van der Waals surface area (Å²) in [5, 5.41) is 10.2. The summed E-state index contributed by atoms with van der Waals surface area (Å²) >= 11 is 0. The summed E-state index contributed by atoms with van der Waals surface area (Å²) in [6, 6.07) is 17.2. The van der Waals surface area contributed by atoms with Gasteiger partial charge in [0.2, 0.25) is 0 Å². The fourth-order valence-electron chi connectivity index (χ4n) is 3.19. The van der Waals surface area contributed by atoms with Gasteiger partial charge in [-0.15, -0.1) is 0 Å². The fourth-order valence-corrected chi connectivity index (χ4v) is 11.3. The predicted octanol–water partition coefficient (Wildman–Crippen LogP) is 6.05. The largest absolute Gasteiger partial charge is 0.507 e. The molecule has 0 atom stereocenters. The van der Waals surface area contributed by atoms with E-state index in [1.807, 2.05) is 42.5 Å². The Morgan fingerprint density at radius 3 is 2.21 bits per heavy atom. The summed E-state index contributed by atoms with van der Waals surface area (Å²) in [5.74, 6) is 0.349. The van der Waals surface area contributed by atoms with Gasteiger partial charge in [0.15, 0.2) is 16.6 Å². The van der Waals surface area contributed by atoms with Crippen molar-refractivity contribution in [1.29, 1.82) is 0 Å². The van der Waals surface area contributed by atoms with Gasteiger partial charge in [-0.1, -0.05) is 36.4 Å². The van der Waals surface area contributed by atoms with E-state index in [1.54, 1.807) is 0 Å². The van der Waals surface area contributed by atoms with E-state index >= 15 is 0 Å². The number of phenols is 1. The average molecular weight is 359 g/mol. The highest BCUT2D eigenvalue weighted by Crippen LogP contribution is 2.30. The quantitative estimate of drug-likeness (QED) is 0.611. The number of phenolic OH excluding ortho intramolecular Hbond substituents is 1. The van der Waals surface area contributed by atoms with Crippen LogP contribution in [0.15, 0.2) is 48.5 Å². The molecule has 0 unspecified atom stereocenters. The zero-order chi connectivity index (χ0) is 17.8. The number of hydrogen-bond donors (Lipinski definition) is 1. The molecule has 0 bridgehead atoms. The first-order valence-electron chi connectivity index (χ1n) is 8.74. The molecule has 0 radical (unpaired) electrons. The standard InChI is InChI=1S/C20H30O2Si2/c1-23(2,3)22-24(4,5)15-9-10-17-13-14-20(21)19(16-17)18-11-7-6-8-12-18/h6-8,11-14,16,21H,9-10,15H2,1-5H3.